The van der Waals surface area contributed by atoms with Crippen LogP contribution in [0.25, 0.3) is 0 Å². The molecular formula is C10H13ClN2O2S. The monoisotopic (exact) mass is 260 g/mol. The molecule has 2 rings (SSSR count). The van der Waals surface area contributed by atoms with Crippen molar-refractivity contribution in [2.45, 2.75) is 13.8 Å². The van der Waals surface area contributed by atoms with Crippen molar-refractivity contribution in [3.05, 3.63) is 28.3 Å². The molecule has 4 nitrogen and oxygen atoms in total. The largest absolute Gasteiger partial charge is 0.301 e. The highest BCUT2D eigenvalue weighted by atomic mass is 35.5. The predicted molar refractivity (Wildman–Crippen MR) is 65.0 cm³/mol. The molecule has 1 heterocycles. The predicted octanol–water partition coefficient (Wildman–Crippen LogP) is 1.93. The third kappa shape index (κ3) is 2.31. The van der Waals surface area contributed by atoms with E-state index in [1.165, 1.54) is 4.31 Å². The van der Waals surface area contributed by atoms with Gasteiger partial charge in [-0.3, -0.25) is 4.72 Å². The van der Waals surface area contributed by atoms with Gasteiger partial charge >= 0.3 is 10.2 Å². The van der Waals surface area contributed by atoms with Crippen LogP contribution < -0.4 is 4.72 Å². The Bertz CT molecular complexity index is 501. The molecule has 1 aromatic carbocycles. The minimum atomic E-state index is -3.40. The van der Waals surface area contributed by atoms with Crippen molar-refractivity contribution < 1.29 is 8.42 Å². The van der Waals surface area contributed by atoms with Crippen molar-refractivity contribution in [1.29, 1.82) is 0 Å². The van der Waals surface area contributed by atoms with E-state index in [9.17, 15) is 8.42 Å². The first-order valence-corrected chi connectivity index (χ1v) is 6.76. The Morgan fingerprint density at radius 3 is 2.44 bits per heavy atom. The van der Waals surface area contributed by atoms with Crippen LogP contribution in [0.2, 0.25) is 5.02 Å². The lowest BCUT2D eigenvalue weighted by Gasteiger charge is -2.13. The Balaban J connectivity index is 2.34. The summed E-state index contributed by atoms with van der Waals surface area (Å²) in [5, 5.41) is 0.433. The SMILES string of the molecule is Cc1cc(C)c(NS(=O)(=O)N2CC2)c(Cl)c1. The summed E-state index contributed by atoms with van der Waals surface area (Å²) >= 11 is 6.02. The molecule has 0 saturated carbocycles. The number of hydrogen-bond donors (Lipinski definition) is 1. The van der Waals surface area contributed by atoms with E-state index < -0.39 is 10.2 Å². The molecule has 0 aromatic heterocycles. The Labute approximate surface area is 100 Å². The molecule has 0 bridgehead atoms. The molecule has 6 heteroatoms. The van der Waals surface area contributed by atoms with E-state index in [0.717, 1.165) is 11.1 Å². The summed E-state index contributed by atoms with van der Waals surface area (Å²) in [6, 6.07) is 3.64. The summed E-state index contributed by atoms with van der Waals surface area (Å²) in [5.41, 5.74) is 2.31. The van der Waals surface area contributed by atoms with E-state index in [1.54, 1.807) is 6.07 Å². The minimum Gasteiger partial charge on any atom is -0.269 e. The third-order valence-corrected chi connectivity index (χ3v) is 4.21. The molecule has 1 aliphatic rings. The second-order valence-corrected chi connectivity index (χ2v) is 6.02. The standard InChI is InChI=1S/C10H13ClN2O2S/c1-7-5-8(2)10(9(11)6-7)12-16(14,15)13-3-4-13/h5-6,12H,3-4H2,1-2H3. The van der Waals surface area contributed by atoms with Crippen molar-refractivity contribution in [3.63, 3.8) is 0 Å². The lowest BCUT2D eigenvalue weighted by molar-refractivity contribution is 0.569. The molecule has 1 aromatic rings. The fraction of sp³-hybridized carbons (Fsp3) is 0.400. The highest BCUT2D eigenvalue weighted by Gasteiger charge is 2.32. The van der Waals surface area contributed by atoms with Gasteiger partial charge in [0, 0.05) is 13.1 Å². The number of halogens is 1. The maximum atomic E-state index is 11.7. The van der Waals surface area contributed by atoms with Crippen LogP contribution in [-0.4, -0.2) is 25.8 Å². The van der Waals surface area contributed by atoms with E-state index in [1.807, 2.05) is 19.9 Å². The highest BCUT2D eigenvalue weighted by Crippen LogP contribution is 2.29. The Morgan fingerprint density at radius 2 is 1.94 bits per heavy atom. The molecule has 1 fully saturated rings. The summed E-state index contributed by atoms with van der Waals surface area (Å²) in [7, 11) is -3.40. The average Bonchev–Trinajstić information content (AvgIpc) is 2.94. The van der Waals surface area contributed by atoms with Gasteiger partial charge in [0.25, 0.3) is 0 Å². The van der Waals surface area contributed by atoms with Gasteiger partial charge in [0.2, 0.25) is 0 Å². The zero-order valence-electron chi connectivity index (χ0n) is 9.12. The van der Waals surface area contributed by atoms with Gasteiger partial charge < -0.3 is 0 Å². The van der Waals surface area contributed by atoms with Crippen LogP contribution in [-0.2, 0) is 10.2 Å². The smallest absolute Gasteiger partial charge is 0.269 e. The molecule has 0 unspecified atom stereocenters. The van der Waals surface area contributed by atoms with Gasteiger partial charge in [-0.05, 0) is 31.0 Å². The second kappa shape index (κ2) is 3.91. The fourth-order valence-electron chi connectivity index (χ4n) is 1.52. The highest BCUT2D eigenvalue weighted by molar-refractivity contribution is 7.90. The molecule has 0 amide bonds. The van der Waals surface area contributed by atoms with Gasteiger partial charge in [0.05, 0.1) is 10.7 Å². The van der Waals surface area contributed by atoms with Crippen LogP contribution in [0.15, 0.2) is 12.1 Å². The van der Waals surface area contributed by atoms with E-state index in [2.05, 4.69) is 4.72 Å². The lowest BCUT2D eigenvalue weighted by atomic mass is 10.1. The third-order valence-electron chi connectivity index (χ3n) is 2.41. The van der Waals surface area contributed by atoms with Gasteiger partial charge in [0.15, 0.2) is 0 Å². The van der Waals surface area contributed by atoms with Crippen LogP contribution >= 0.6 is 11.6 Å². The molecule has 0 atom stereocenters. The van der Waals surface area contributed by atoms with Crippen LogP contribution in [0.1, 0.15) is 11.1 Å². The van der Waals surface area contributed by atoms with E-state index in [4.69, 9.17) is 11.6 Å². The first-order valence-electron chi connectivity index (χ1n) is 4.95. The van der Waals surface area contributed by atoms with Crippen molar-refractivity contribution in [2.24, 2.45) is 0 Å². The summed E-state index contributed by atoms with van der Waals surface area (Å²) in [5.74, 6) is 0. The average molecular weight is 261 g/mol. The first kappa shape index (κ1) is 11.7. The van der Waals surface area contributed by atoms with Crippen LogP contribution in [0, 0.1) is 13.8 Å². The van der Waals surface area contributed by atoms with E-state index in [-0.39, 0.29) is 0 Å². The summed E-state index contributed by atoms with van der Waals surface area (Å²) in [6.07, 6.45) is 0. The van der Waals surface area contributed by atoms with Crippen molar-refractivity contribution in [1.82, 2.24) is 4.31 Å². The first-order chi connectivity index (χ1) is 7.40. The van der Waals surface area contributed by atoms with Gasteiger partial charge in [-0.15, -0.1) is 0 Å². The topological polar surface area (TPSA) is 49.2 Å². The van der Waals surface area contributed by atoms with Crippen LogP contribution in [0.4, 0.5) is 5.69 Å². The van der Waals surface area contributed by atoms with Gasteiger partial charge in [-0.2, -0.15) is 12.7 Å². The summed E-state index contributed by atoms with van der Waals surface area (Å²) < 4.78 is 27.3. The number of hydrogen-bond acceptors (Lipinski definition) is 2. The normalized spacial score (nSPS) is 16.2. The van der Waals surface area contributed by atoms with E-state index >= 15 is 0 Å². The minimum absolute atomic E-state index is 0.433. The van der Waals surface area contributed by atoms with Gasteiger partial charge in [-0.1, -0.05) is 17.7 Å². The Kier molecular flexibility index (Phi) is 2.86. The molecule has 88 valence electrons. The lowest BCUT2D eigenvalue weighted by Crippen LogP contribution is -2.21. The molecule has 0 spiro atoms. The maximum absolute atomic E-state index is 11.7. The number of aryl methyl sites for hydroxylation is 2. The number of benzene rings is 1. The zero-order valence-corrected chi connectivity index (χ0v) is 10.7. The Morgan fingerprint density at radius 1 is 1.31 bits per heavy atom. The molecule has 0 radical (unpaired) electrons. The molecular weight excluding hydrogens is 248 g/mol. The molecule has 1 aliphatic heterocycles. The number of rotatable bonds is 3. The van der Waals surface area contributed by atoms with Crippen molar-refractivity contribution in [2.75, 3.05) is 17.8 Å². The van der Waals surface area contributed by atoms with Gasteiger partial charge in [-0.25, -0.2) is 0 Å². The van der Waals surface area contributed by atoms with Gasteiger partial charge in [0.1, 0.15) is 0 Å². The fourth-order valence-corrected chi connectivity index (χ4v) is 3.16. The Hall–Kier alpha value is -0.780. The van der Waals surface area contributed by atoms with Crippen LogP contribution in [0.3, 0.4) is 0 Å². The zero-order chi connectivity index (χ0) is 11.9. The second-order valence-electron chi connectivity index (χ2n) is 3.94. The number of anilines is 1. The quantitative estimate of drug-likeness (QED) is 0.845. The molecule has 16 heavy (non-hydrogen) atoms. The van der Waals surface area contributed by atoms with Crippen molar-refractivity contribution in [3.8, 4) is 0 Å². The van der Waals surface area contributed by atoms with Crippen LogP contribution in [0.5, 0.6) is 0 Å². The molecule has 1 N–H and O–H groups in total. The molecule has 0 aliphatic carbocycles. The van der Waals surface area contributed by atoms with E-state index in [0.29, 0.717) is 23.8 Å². The summed E-state index contributed by atoms with van der Waals surface area (Å²) in [6.45, 7) is 4.91. The van der Waals surface area contributed by atoms with Crippen molar-refractivity contribution >= 4 is 27.5 Å². The molecule has 1 saturated heterocycles. The summed E-state index contributed by atoms with van der Waals surface area (Å²) in [4.78, 5) is 0. The maximum Gasteiger partial charge on any atom is 0.301 e. The number of nitrogens with zero attached hydrogens (tertiary/aromatic N) is 1. The number of nitrogens with one attached hydrogen (secondary N) is 1.